The standard InChI is InChI=1S/C17H16N2O3/c1-19-15-8-7-13(22-10-9-20)11-14(15)16(18-17(19)21)12-5-3-2-4-6-12/h2-8,11,20H,9-10H2,1H3. The summed E-state index contributed by atoms with van der Waals surface area (Å²) in [7, 11) is 1.70. The largest absolute Gasteiger partial charge is 0.491 e. The maximum Gasteiger partial charge on any atom is 0.348 e. The number of nitrogens with zero attached hydrogens (tertiary/aromatic N) is 2. The number of aliphatic hydroxyl groups is 1. The van der Waals surface area contributed by atoms with Gasteiger partial charge in [0.2, 0.25) is 0 Å². The Balaban J connectivity index is 2.25. The third kappa shape index (κ3) is 2.58. The van der Waals surface area contributed by atoms with Crippen molar-refractivity contribution in [2.24, 2.45) is 7.05 Å². The molecule has 0 aliphatic heterocycles. The molecule has 0 unspecified atom stereocenters. The van der Waals surface area contributed by atoms with Gasteiger partial charge in [-0.05, 0) is 18.2 Å². The lowest BCUT2D eigenvalue weighted by Crippen LogP contribution is -2.21. The van der Waals surface area contributed by atoms with Crippen LogP contribution < -0.4 is 10.4 Å². The van der Waals surface area contributed by atoms with Gasteiger partial charge in [0.25, 0.3) is 0 Å². The highest BCUT2D eigenvalue weighted by molar-refractivity contribution is 5.93. The summed E-state index contributed by atoms with van der Waals surface area (Å²) in [6.45, 7) is 0.181. The number of aromatic nitrogens is 2. The van der Waals surface area contributed by atoms with Crippen LogP contribution in [-0.2, 0) is 7.05 Å². The summed E-state index contributed by atoms with van der Waals surface area (Å²) in [5.41, 5.74) is 2.00. The van der Waals surface area contributed by atoms with E-state index in [1.807, 2.05) is 42.5 Å². The van der Waals surface area contributed by atoms with E-state index in [0.717, 1.165) is 16.5 Å². The smallest absolute Gasteiger partial charge is 0.348 e. The first-order valence-electron chi connectivity index (χ1n) is 7.00. The van der Waals surface area contributed by atoms with Gasteiger partial charge in [-0.1, -0.05) is 30.3 Å². The van der Waals surface area contributed by atoms with E-state index in [1.54, 1.807) is 13.1 Å². The Kier molecular flexibility index (Phi) is 3.89. The molecule has 0 spiro atoms. The molecule has 5 heteroatoms. The third-order valence-electron chi connectivity index (χ3n) is 3.49. The van der Waals surface area contributed by atoms with Crippen molar-refractivity contribution in [2.75, 3.05) is 13.2 Å². The minimum absolute atomic E-state index is 0.0465. The van der Waals surface area contributed by atoms with E-state index in [2.05, 4.69) is 4.98 Å². The fourth-order valence-electron chi connectivity index (χ4n) is 2.40. The molecule has 3 rings (SSSR count). The number of aliphatic hydroxyl groups excluding tert-OH is 1. The van der Waals surface area contributed by atoms with Crippen molar-refractivity contribution in [1.29, 1.82) is 0 Å². The highest BCUT2D eigenvalue weighted by Crippen LogP contribution is 2.28. The number of ether oxygens (including phenoxy) is 1. The minimum atomic E-state index is -0.296. The average molecular weight is 296 g/mol. The van der Waals surface area contributed by atoms with Crippen LogP contribution in [0.25, 0.3) is 22.2 Å². The zero-order valence-corrected chi connectivity index (χ0v) is 12.2. The Morgan fingerprint density at radius 3 is 2.68 bits per heavy atom. The molecule has 0 aliphatic rings. The van der Waals surface area contributed by atoms with Crippen LogP contribution in [0.5, 0.6) is 5.75 Å². The van der Waals surface area contributed by atoms with Crippen molar-refractivity contribution < 1.29 is 9.84 Å². The Morgan fingerprint density at radius 2 is 1.95 bits per heavy atom. The van der Waals surface area contributed by atoms with Gasteiger partial charge in [0.1, 0.15) is 12.4 Å². The van der Waals surface area contributed by atoms with Crippen LogP contribution in [0.2, 0.25) is 0 Å². The first-order valence-corrected chi connectivity index (χ1v) is 7.00. The van der Waals surface area contributed by atoms with Crippen LogP contribution in [0.4, 0.5) is 0 Å². The summed E-state index contributed by atoms with van der Waals surface area (Å²) in [5, 5.41) is 9.71. The molecule has 0 atom stereocenters. The fraction of sp³-hybridized carbons (Fsp3) is 0.176. The van der Waals surface area contributed by atoms with Gasteiger partial charge in [-0.3, -0.25) is 4.57 Å². The van der Waals surface area contributed by atoms with Crippen LogP contribution in [0.15, 0.2) is 53.3 Å². The van der Waals surface area contributed by atoms with Crippen LogP contribution >= 0.6 is 0 Å². The molecule has 0 aliphatic carbocycles. The zero-order valence-electron chi connectivity index (χ0n) is 12.2. The predicted octanol–water partition coefficient (Wildman–Crippen LogP) is 1.97. The molecular weight excluding hydrogens is 280 g/mol. The van der Waals surface area contributed by atoms with E-state index in [1.165, 1.54) is 4.57 Å². The SMILES string of the molecule is Cn1c(=O)nc(-c2ccccc2)c2cc(OCCO)ccc21. The van der Waals surface area contributed by atoms with Gasteiger partial charge in [-0.25, -0.2) is 4.79 Å². The van der Waals surface area contributed by atoms with Gasteiger partial charge in [0, 0.05) is 18.0 Å². The molecule has 3 aromatic rings. The molecule has 5 nitrogen and oxygen atoms in total. The quantitative estimate of drug-likeness (QED) is 0.799. The van der Waals surface area contributed by atoms with Gasteiger partial charge in [0.05, 0.1) is 17.8 Å². The van der Waals surface area contributed by atoms with Crippen molar-refractivity contribution in [3.05, 3.63) is 59.0 Å². The molecule has 0 amide bonds. The van der Waals surface area contributed by atoms with E-state index in [9.17, 15) is 4.79 Å². The van der Waals surface area contributed by atoms with Crippen LogP contribution in [0.3, 0.4) is 0 Å². The number of fused-ring (bicyclic) bond motifs is 1. The molecule has 22 heavy (non-hydrogen) atoms. The molecule has 2 aromatic carbocycles. The van der Waals surface area contributed by atoms with E-state index in [4.69, 9.17) is 9.84 Å². The molecule has 1 N–H and O–H groups in total. The van der Waals surface area contributed by atoms with Gasteiger partial charge in [-0.15, -0.1) is 0 Å². The summed E-state index contributed by atoms with van der Waals surface area (Å²) in [5.74, 6) is 0.638. The second-order valence-corrected chi connectivity index (χ2v) is 4.92. The normalized spacial score (nSPS) is 10.8. The molecule has 1 aromatic heterocycles. The molecule has 0 saturated carbocycles. The number of rotatable bonds is 4. The van der Waals surface area contributed by atoms with Gasteiger partial charge in [-0.2, -0.15) is 4.98 Å². The van der Waals surface area contributed by atoms with Crippen molar-refractivity contribution in [3.63, 3.8) is 0 Å². The Bertz CT molecular complexity index is 857. The number of aryl methyl sites for hydroxylation is 1. The molecule has 0 saturated heterocycles. The first kappa shape index (κ1) is 14.3. The molecule has 0 bridgehead atoms. The Morgan fingerprint density at radius 1 is 1.18 bits per heavy atom. The minimum Gasteiger partial charge on any atom is -0.491 e. The number of hydrogen-bond donors (Lipinski definition) is 1. The zero-order chi connectivity index (χ0) is 15.5. The third-order valence-corrected chi connectivity index (χ3v) is 3.49. The summed E-state index contributed by atoms with van der Waals surface area (Å²) in [6.07, 6.45) is 0. The van der Waals surface area contributed by atoms with Crippen molar-refractivity contribution in [2.45, 2.75) is 0 Å². The van der Waals surface area contributed by atoms with E-state index in [-0.39, 0.29) is 18.9 Å². The van der Waals surface area contributed by atoms with Crippen molar-refractivity contribution in [1.82, 2.24) is 9.55 Å². The maximum absolute atomic E-state index is 12.1. The number of benzene rings is 2. The van der Waals surface area contributed by atoms with E-state index >= 15 is 0 Å². The highest BCUT2D eigenvalue weighted by atomic mass is 16.5. The second-order valence-electron chi connectivity index (χ2n) is 4.92. The van der Waals surface area contributed by atoms with Gasteiger partial charge >= 0.3 is 5.69 Å². The molecule has 0 radical (unpaired) electrons. The van der Waals surface area contributed by atoms with E-state index < -0.39 is 0 Å². The first-order chi connectivity index (χ1) is 10.7. The fourth-order valence-corrected chi connectivity index (χ4v) is 2.40. The summed E-state index contributed by atoms with van der Waals surface area (Å²) in [4.78, 5) is 16.3. The molecular formula is C17H16N2O3. The molecule has 0 fully saturated rings. The lowest BCUT2D eigenvalue weighted by Gasteiger charge is -2.11. The van der Waals surface area contributed by atoms with Crippen LogP contribution in [0, 0.1) is 0 Å². The number of hydrogen-bond acceptors (Lipinski definition) is 4. The maximum atomic E-state index is 12.1. The monoisotopic (exact) mass is 296 g/mol. The van der Waals surface area contributed by atoms with Gasteiger partial charge < -0.3 is 9.84 Å². The van der Waals surface area contributed by atoms with E-state index in [0.29, 0.717) is 11.4 Å². The Labute approximate surface area is 127 Å². The Hall–Kier alpha value is -2.66. The van der Waals surface area contributed by atoms with Crippen molar-refractivity contribution in [3.8, 4) is 17.0 Å². The van der Waals surface area contributed by atoms with Crippen LogP contribution in [-0.4, -0.2) is 27.9 Å². The lowest BCUT2D eigenvalue weighted by molar-refractivity contribution is 0.201. The summed E-state index contributed by atoms with van der Waals surface area (Å²) in [6, 6.07) is 15.0. The topological polar surface area (TPSA) is 64.4 Å². The van der Waals surface area contributed by atoms with Crippen molar-refractivity contribution >= 4 is 10.9 Å². The highest BCUT2D eigenvalue weighted by Gasteiger charge is 2.11. The lowest BCUT2D eigenvalue weighted by atomic mass is 10.1. The molecule has 112 valence electrons. The van der Waals surface area contributed by atoms with Gasteiger partial charge in [0.15, 0.2) is 0 Å². The second kappa shape index (κ2) is 5.99. The molecule has 1 heterocycles. The average Bonchev–Trinajstić information content (AvgIpc) is 2.57. The summed E-state index contributed by atoms with van der Waals surface area (Å²) < 4.78 is 6.97. The van der Waals surface area contributed by atoms with Crippen LogP contribution in [0.1, 0.15) is 0 Å². The predicted molar refractivity (Wildman–Crippen MR) is 85.0 cm³/mol. The summed E-state index contributed by atoms with van der Waals surface area (Å²) >= 11 is 0.